The Hall–Kier alpha value is -2.69. The lowest BCUT2D eigenvalue weighted by atomic mass is 9.97. The van der Waals surface area contributed by atoms with Gasteiger partial charge < -0.3 is 20.5 Å². The van der Waals surface area contributed by atoms with Gasteiger partial charge in [-0.25, -0.2) is 0 Å². The number of nitrogens with one attached hydrogen (secondary N) is 1. The Labute approximate surface area is 154 Å². The Kier molecular flexibility index (Phi) is 4.69. The van der Waals surface area contributed by atoms with Crippen molar-refractivity contribution >= 4 is 11.6 Å². The van der Waals surface area contributed by atoms with E-state index in [9.17, 15) is 0 Å². The van der Waals surface area contributed by atoms with Crippen LogP contribution in [0.4, 0.5) is 5.69 Å². The average molecular weight is 351 g/mol. The van der Waals surface area contributed by atoms with Gasteiger partial charge in [0.15, 0.2) is 17.5 Å². The number of guanidine groups is 1. The van der Waals surface area contributed by atoms with E-state index >= 15 is 0 Å². The molecular weight excluding hydrogens is 326 g/mol. The zero-order chi connectivity index (χ0) is 17.8. The molecule has 4 rings (SSSR count). The van der Waals surface area contributed by atoms with Crippen LogP contribution in [0, 0.1) is 5.41 Å². The van der Waals surface area contributed by atoms with Crippen LogP contribution in [-0.2, 0) is 6.42 Å². The van der Waals surface area contributed by atoms with Gasteiger partial charge in [0, 0.05) is 24.7 Å². The first kappa shape index (κ1) is 16.8. The van der Waals surface area contributed by atoms with Crippen molar-refractivity contribution in [2.45, 2.75) is 25.7 Å². The monoisotopic (exact) mass is 351 g/mol. The van der Waals surface area contributed by atoms with Crippen molar-refractivity contribution in [3.05, 3.63) is 54.1 Å². The molecule has 0 radical (unpaired) electrons. The number of fused-ring (bicyclic) bond motifs is 1. The van der Waals surface area contributed by atoms with Crippen LogP contribution in [-0.4, -0.2) is 25.7 Å². The van der Waals surface area contributed by atoms with Crippen LogP contribution in [0.5, 0.6) is 11.5 Å². The zero-order valence-corrected chi connectivity index (χ0v) is 14.9. The molecule has 136 valence electrons. The van der Waals surface area contributed by atoms with Gasteiger partial charge in [0.25, 0.3) is 0 Å². The highest BCUT2D eigenvalue weighted by Crippen LogP contribution is 2.48. The van der Waals surface area contributed by atoms with Crippen molar-refractivity contribution in [3.63, 3.8) is 0 Å². The van der Waals surface area contributed by atoms with Crippen molar-refractivity contribution in [2.24, 2.45) is 16.1 Å². The number of aliphatic imine (C=N–C) groups is 1. The minimum absolute atomic E-state index is 0.276. The van der Waals surface area contributed by atoms with E-state index in [-0.39, 0.29) is 5.41 Å². The molecule has 0 aromatic heterocycles. The molecule has 0 saturated heterocycles. The Morgan fingerprint density at radius 1 is 1.04 bits per heavy atom. The molecule has 1 aliphatic carbocycles. The molecule has 26 heavy (non-hydrogen) atoms. The largest absolute Gasteiger partial charge is 0.490 e. The van der Waals surface area contributed by atoms with Crippen LogP contribution < -0.4 is 20.5 Å². The highest BCUT2D eigenvalue weighted by Gasteiger charge is 2.42. The number of rotatable bonds is 5. The van der Waals surface area contributed by atoms with Gasteiger partial charge in [0.05, 0.1) is 13.2 Å². The summed E-state index contributed by atoms with van der Waals surface area (Å²) in [5.74, 6) is 1.98. The lowest BCUT2D eigenvalue weighted by Gasteiger charge is -2.14. The normalized spacial score (nSPS) is 18.1. The number of anilines is 1. The summed E-state index contributed by atoms with van der Waals surface area (Å²) >= 11 is 0. The van der Waals surface area contributed by atoms with E-state index in [1.54, 1.807) is 0 Å². The number of benzene rings is 2. The summed E-state index contributed by atoms with van der Waals surface area (Å²) in [6, 6.07) is 16.4. The van der Waals surface area contributed by atoms with Crippen LogP contribution in [0.2, 0.25) is 0 Å². The molecule has 5 nitrogen and oxygen atoms in total. The number of hydrogen-bond acceptors (Lipinski definition) is 3. The molecule has 0 bridgehead atoms. The summed E-state index contributed by atoms with van der Waals surface area (Å²) < 4.78 is 11.4. The maximum Gasteiger partial charge on any atom is 0.193 e. The Morgan fingerprint density at radius 3 is 2.58 bits per heavy atom. The highest BCUT2D eigenvalue weighted by molar-refractivity contribution is 5.92. The average Bonchev–Trinajstić information content (AvgIpc) is 3.44. The minimum atomic E-state index is 0.276. The number of hydrogen-bond donors (Lipinski definition) is 2. The first-order valence-corrected chi connectivity index (χ1v) is 9.23. The molecular formula is C21H25N3O2. The molecule has 1 saturated carbocycles. The molecule has 0 unspecified atom stereocenters. The van der Waals surface area contributed by atoms with Crippen LogP contribution in [0.25, 0.3) is 0 Å². The fourth-order valence-corrected chi connectivity index (χ4v) is 3.28. The molecule has 5 heteroatoms. The van der Waals surface area contributed by atoms with E-state index in [1.807, 2.05) is 18.2 Å². The van der Waals surface area contributed by atoms with Crippen LogP contribution >= 0.6 is 0 Å². The molecule has 2 aromatic rings. The zero-order valence-electron chi connectivity index (χ0n) is 14.9. The Bertz CT molecular complexity index is 785. The SMILES string of the molecule is NC(=NCC1(Cc2ccccc2)CC1)Nc1ccc2c(c1)OCCCO2. The fourth-order valence-electron chi connectivity index (χ4n) is 3.28. The topological polar surface area (TPSA) is 68.9 Å². The quantitative estimate of drug-likeness (QED) is 0.638. The van der Waals surface area contributed by atoms with E-state index in [0.29, 0.717) is 19.2 Å². The molecule has 2 aromatic carbocycles. The number of nitrogens with two attached hydrogens (primary N) is 1. The van der Waals surface area contributed by atoms with Gasteiger partial charge in [-0.05, 0) is 42.4 Å². The van der Waals surface area contributed by atoms with Crippen molar-refractivity contribution in [1.29, 1.82) is 0 Å². The maximum atomic E-state index is 6.11. The maximum absolute atomic E-state index is 6.11. The van der Waals surface area contributed by atoms with Gasteiger partial charge in [-0.2, -0.15) is 0 Å². The van der Waals surface area contributed by atoms with Crippen LogP contribution in [0.3, 0.4) is 0 Å². The lowest BCUT2D eigenvalue weighted by Crippen LogP contribution is -2.24. The second kappa shape index (κ2) is 7.28. The summed E-state index contributed by atoms with van der Waals surface area (Å²) in [4.78, 5) is 4.59. The van der Waals surface area contributed by atoms with Crippen molar-refractivity contribution in [1.82, 2.24) is 0 Å². The predicted octanol–water partition coefficient (Wildman–Crippen LogP) is 3.60. The van der Waals surface area contributed by atoms with E-state index in [4.69, 9.17) is 15.2 Å². The molecule has 3 N–H and O–H groups in total. The summed E-state index contributed by atoms with van der Waals surface area (Å²) in [7, 11) is 0. The molecule has 1 fully saturated rings. The second-order valence-electron chi connectivity index (χ2n) is 7.20. The number of nitrogens with zero attached hydrogens (tertiary/aromatic N) is 1. The van der Waals surface area contributed by atoms with Gasteiger partial charge in [-0.3, -0.25) is 4.99 Å². The van der Waals surface area contributed by atoms with Gasteiger partial charge in [0.1, 0.15) is 0 Å². The summed E-state index contributed by atoms with van der Waals surface area (Å²) in [5, 5.41) is 3.17. The highest BCUT2D eigenvalue weighted by atomic mass is 16.5. The van der Waals surface area contributed by atoms with Gasteiger partial charge in [0.2, 0.25) is 0 Å². The minimum Gasteiger partial charge on any atom is -0.490 e. The molecule has 1 aliphatic heterocycles. The summed E-state index contributed by atoms with van der Waals surface area (Å²) in [6.45, 7) is 2.11. The summed E-state index contributed by atoms with van der Waals surface area (Å²) in [5.41, 5.74) is 8.62. The molecule has 1 heterocycles. The number of ether oxygens (including phenoxy) is 2. The third-order valence-electron chi connectivity index (χ3n) is 4.98. The standard InChI is InChI=1S/C21H25N3O2/c22-20(23-15-21(9-10-21)14-16-5-2-1-3-6-16)24-17-7-8-18-19(13-17)26-12-4-11-25-18/h1-3,5-8,13H,4,9-12,14-15H2,(H3,22,23,24). The fraction of sp³-hybridized carbons (Fsp3) is 0.381. The van der Waals surface area contributed by atoms with Gasteiger partial charge in [-0.1, -0.05) is 30.3 Å². The molecule has 2 aliphatic rings. The third-order valence-corrected chi connectivity index (χ3v) is 4.98. The Morgan fingerprint density at radius 2 is 1.81 bits per heavy atom. The van der Waals surface area contributed by atoms with E-state index in [0.717, 1.165) is 36.6 Å². The lowest BCUT2D eigenvalue weighted by molar-refractivity contribution is 0.297. The second-order valence-corrected chi connectivity index (χ2v) is 7.20. The first-order chi connectivity index (χ1) is 12.7. The van der Waals surface area contributed by atoms with Crippen molar-refractivity contribution < 1.29 is 9.47 Å². The molecule has 0 amide bonds. The van der Waals surface area contributed by atoms with E-state index in [1.165, 1.54) is 18.4 Å². The van der Waals surface area contributed by atoms with Crippen LogP contribution in [0.1, 0.15) is 24.8 Å². The first-order valence-electron chi connectivity index (χ1n) is 9.23. The third kappa shape index (κ3) is 4.10. The van der Waals surface area contributed by atoms with E-state index < -0.39 is 0 Å². The molecule has 0 atom stereocenters. The van der Waals surface area contributed by atoms with Crippen molar-refractivity contribution in [3.8, 4) is 11.5 Å². The van der Waals surface area contributed by atoms with Crippen molar-refractivity contribution in [2.75, 3.05) is 25.1 Å². The Balaban J connectivity index is 1.37. The predicted molar refractivity (Wildman–Crippen MR) is 104 cm³/mol. The van der Waals surface area contributed by atoms with E-state index in [2.05, 4.69) is 40.6 Å². The van der Waals surface area contributed by atoms with Crippen LogP contribution in [0.15, 0.2) is 53.5 Å². The molecule has 0 spiro atoms. The van der Waals surface area contributed by atoms with Gasteiger partial charge >= 0.3 is 0 Å². The summed E-state index contributed by atoms with van der Waals surface area (Å²) in [6.07, 6.45) is 4.38. The van der Waals surface area contributed by atoms with Gasteiger partial charge in [-0.15, -0.1) is 0 Å². The smallest absolute Gasteiger partial charge is 0.193 e.